The first kappa shape index (κ1) is 24.7. The third-order valence-electron chi connectivity index (χ3n) is 5.10. The number of carbonyl (C=O) groups is 2. The number of aromatic nitrogens is 1. The van der Waals surface area contributed by atoms with E-state index in [2.05, 4.69) is 25.1 Å². The number of hydrogen-bond donors (Lipinski definition) is 6. The lowest BCUT2D eigenvalue weighted by Gasteiger charge is -2.33. The molecule has 6 N–H and O–H groups in total. The maximum absolute atomic E-state index is 11.4. The van der Waals surface area contributed by atoms with Crippen molar-refractivity contribution in [3.63, 3.8) is 0 Å². The molecule has 11 heteroatoms. The largest absolute Gasteiger partial charge is 0.511 e. The van der Waals surface area contributed by atoms with Gasteiger partial charge in [-0.1, -0.05) is 24.3 Å². The lowest BCUT2D eigenvalue weighted by atomic mass is 10.1. The van der Waals surface area contributed by atoms with Crippen LogP contribution in [-0.4, -0.2) is 64.3 Å². The van der Waals surface area contributed by atoms with Crippen LogP contribution >= 0.6 is 0 Å². The van der Waals surface area contributed by atoms with Gasteiger partial charge in [0, 0.05) is 42.4 Å². The summed E-state index contributed by atoms with van der Waals surface area (Å²) in [4.78, 5) is 25.7. The van der Waals surface area contributed by atoms with E-state index in [1.807, 2.05) is 32.0 Å². The van der Waals surface area contributed by atoms with Crippen LogP contribution in [0.3, 0.4) is 0 Å². The van der Waals surface area contributed by atoms with E-state index in [1.54, 1.807) is 24.4 Å². The highest BCUT2D eigenvalue weighted by Crippen LogP contribution is 2.31. The van der Waals surface area contributed by atoms with Gasteiger partial charge in [0.1, 0.15) is 5.75 Å². The van der Waals surface area contributed by atoms with Gasteiger partial charge in [-0.15, -0.1) is 0 Å². The molecule has 0 amide bonds. The summed E-state index contributed by atoms with van der Waals surface area (Å²) in [6.45, 7) is 4.51. The molecule has 2 aromatic carbocycles. The number of hydrogen-bond acceptors (Lipinski definition) is 8. The fourth-order valence-corrected chi connectivity index (χ4v) is 3.54. The van der Waals surface area contributed by atoms with E-state index in [0.717, 1.165) is 16.8 Å². The van der Waals surface area contributed by atoms with Crippen molar-refractivity contribution in [3.05, 3.63) is 59.8 Å². The van der Waals surface area contributed by atoms with Crippen molar-refractivity contribution in [1.82, 2.24) is 10.3 Å². The fourth-order valence-electron chi connectivity index (χ4n) is 3.54. The summed E-state index contributed by atoms with van der Waals surface area (Å²) in [5.74, 6) is -2.81. The number of nitrogens with one attached hydrogen (secondary N) is 3. The van der Waals surface area contributed by atoms with Crippen molar-refractivity contribution in [2.45, 2.75) is 25.9 Å². The van der Waals surface area contributed by atoms with Crippen molar-refractivity contribution in [2.75, 3.05) is 25.0 Å². The molecule has 3 aromatic rings. The third-order valence-corrected chi connectivity index (χ3v) is 5.10. The number of rotatable bonds is 11. The molecule has 1 heterocycles. The lowest BCUT2D eigenvalue weighted by Crippen LogP contribution is -2.57. The average molecular weight is 473 g/mol. The van der Waals surface area contributed by atoms with Gasteiger partial charge in [-0.05, 0) is 43.2 Å². The van der Waals surface area contributed by atoms with Gasteiger partial charge < -0.3 is 45.1 Å². The molecular formula is C23H27N3O8. The second-order valence-corrected chi connectivity index (χ2v) is 7.55. The first-order valence-corrected chi connectivity index (χ1v) is 10.5. The van der Waals surface area contributed by atoms with Gasteiger partial charge in [-0.2, -0.15) is 0 Å². The SMILES string of the molecule is Cc1cccc(C)c1NCCNCC(O)C(OC(=O)O)(OC(=O)O)Oc1cccc2[nH]ccc12. The Labute approximate surface area is 195 Å². The third kappa shape index (κ3) is 5.88. The molecule has 1 aromatic heterocycles. The molecule has 0 saturated heterocycles. The van der Waals surface area contributed by atoms with Crippen molar-refractivity contribution >= 4 is 28.9 Å². The Kier molecular flexibility index (Phi) is 7.82. The van der Waals surface area contributed by atoms with Crippen LogP contribution in [0.5, 0.6) is 5.75 Å². The maximum Gasteiger partial charge on any atom is 0.511 e. The van der Waals surface area contributed by atoms with Crippen LogP contribution < -0.4 is 15.4 Å². The smallest absolute Gasteiger partial charge is 0.450 e. The number of carboxylic acid groups (broad SMARTS) is 2. The van der Waals surface area contributed by atoms with Gasteiger partial charge >= 0.3 is 18.3 Å². The van der Waals surface area contributed by atoms with Gasteiger partial charge in [-0.25, -0.2) is 9.59 Å². The first-order chi connectivity index (χ1) is 16.2. The summed E-state index contributed by atoms with van der Waals surface area (Å²) in [6, 6.07) is 12.4. The summed E-state index contributed by atoms with van der Waals surface area (Å²) in [7, 11) is 0. The van der Waals surface area contributed by atoms with Crippen molar-refractivity contribution in [2.24, 2.45) is 0 Å². The average Bonchev–Trinajstić information content (AvgIpc) is 3.24. The second kappa shape index (κ2) is 10.8. The van der Waals surface area contributed by atoms with Gasteiger partial charge in [-0.3, -0.25) is 0 Å². The Balaban J connectivity index is 1.72. The topological polar surface area (TPSA) is 162 Å². The normalized spacial score (nSPS) is 12.2. The van der Waals surface area contributed by atoms with Crippen LogP contribution in [0, 0.1) is 13.8 Å². The molecule has 0 spiro atoms. The van der Waals surface area contributed by atoms with Crippen molar-refractivity contribution in [1.29, 1.82) is 0 Å². The predicted octanol–water partition coefficient (Wildman–Crippen LogP) is 3.27. The molecule has 0 saturated carbocycles. The van der Waals surface area contributed by atoms with Gasteiger partial charge in [0.05, 0.1) is 0 Å². The highest BCUT2D eigenvalue weighted by Gasteiger charge is 2.50. The Morgan fingerprint density at radius 1 is 1.00 bits per heavy atom. The zero-order valence-electron chi connectivity index (χ0n) is 18.7. The number of fused-ring (bicyclic) bond motifs is 1. The Hall–Kier alpha value is -3.96. The molecule has 34 heavy (non-hydrogen) atoms. The molecule has 0 aliphatic rings. The predicted molar refractivity (Wildman–Crippen MR) is 123 cm³/mol. The monoisotopic (exact) mass is 473 g/mol. The highest BCUT2D eigenvalue weighted by atomic mass is 16.9. The molecule has 0 aliphatic carbocycles. The zero-order valence-corrected chi connectivity index (χ0v) is 18.7. The van der Waals surface area contributed by atoms with E-state index in [-0.39, 0.29) is 12.3 Å². The Bertz CT molecular complexity index is 1110. The van der Waals surface area contributed by atoms with E-state index in [9.17, 15) is 24.9 Å². The van der Waals surface area contributed by atoms with E-state index in [4.69, 9.17) is 4.74 Å². The van der Waals surface area contributed by atoms with Crippen LogP contribution in [0.25, 0.3) is 10.9 Å². The Morgan fingerprint density at radius 2 is 1.65 bits per heavy atom. The fraction of sp³-hybridized carbons (Fsp3) is 0.304. The zero-order chi connectivity index (χ0) is 24.7. The van der Waals surface area contributed by atoms with Gasteiger partial charge in [0.15, 0.2) is 6.10 Å². The number of aromatic amines is 1. The summed E-state index contributed by atoms with van der Waals surface area (Å²) in [5.41, 5.74) is 3.79. The molecule has 0 aliphatic heterocycles. The van der Waals surface area contributed by atoms with E-state index in [1.165, 1.54) is 6.07 Å². The molecule has 3 rings (SSSR count). The number of anilines is 1. The quantitative estimate of drug-likeness (QED) is 0.138. The summed E-state index contributed by atoms with van der Waals surface area (Å²) in [6.07, 6.45) is -4.00. The minimum absolute atomic E-state index is 0.0528. The number of para-hydroxylation sites is 1. The van der Waals surface area contributed by atoms with Crippen LogP contribution in [0.1, 0.15) is 11.1 Å². The molecule has 11 nitrogen and oxygen atoms in total. The number of H-pyrrole nitrogens is 1. The summed E-state index contributed by atoms with van der Waals surface area (Å²) in [5, 5.41) is 35.9. The maximum atomic E-state index is 11.4. The van der Waals surface area contributed by atoms with Crippen LogP contribution in [0.15, 0.2) is 48.7 Å². The van der Waals surface area contributed by atoms with E-state index >= 15 is 0 Å². The standard InChI is InChI=1S/C23H27N3O8/c1-14-5-3-6-15(2)20(14)26-12-11-24-13-19(27)23(33-21(28)29,34-22(30)31)32-18-8-4-7-17-16(18)9-10-25-17/h3-10,19,24-27H,11-13H2,1-2H3,(H,28,29)(H,30,31). The number of ether oxygens (including phenoxy) is 3. The molecule has 0 fully saturated rings. The van der Waals surface area contributed by atoms with Crippen LogP contribution in [0.4, 0.5) is 15.3 Å². The van der Waals surface area contributed by atoms with Crippen molar-refractivity contribution < 1.29 is 39.1 Å². The number of aryl methyl sites for hydroxylation is 2. The second-order valence-electron chi connectivity index (χ2n) is 7.55. The lowest BCUT2D eigenvalue weighted by molar-refractivity contribution is -0.335. The first-order valence-electron chi connectivity index (χ1n) is 10.5. The molecular weight excluding hydrogens is 446 g/mol. The van der Waals surface area contributed by atoms with E-state index in [0.29, 0.717) is 24.0 Å². The minimum Gasteiger partial charge on any atom is -0.450 e. The molecule has 0 bridgehead atoms. The molecule has 1 unspecified atom stereocenters. The number of benzene rings is 2. The summed E-state index contributed by atoms with van der Waals surface area (Å²) >= 11 is 0. The number of aliphatic hydroxyl groups is 1. The van der Waals surface area contributed by atoms with Crippen LogP contribution in [-0.2, 0) is 9.47 Å². The number of aliphatic hydroxyl groups excluding tert-OH is 1. The van der Waals surface area contributed by atoms with E-state index < -0.39 is 24.4 Å². The Morgan fingerprint density at radius 3 is 2.29 bits per heavy atom. The molecule has 0 radical (unpaired) electrons. The minimum atomic E-state index is -2.86. The van der Waals surface area contributed by atoms with Gasteiger partial charge in [0.25, 0.3) is 0 Å². The van der Waals surface area contributed by atoms with Crippen LogP contribution in [0.2, 0.25) is 0 Å². The molecule has 182 valence electrons. The van der Waals surface area contributed by atoms with Gasteiger partial charge in [0.2, 0.25) is 0 Å². The highest BCUT2D eigenvalue weighted by molar-refractivity contribution is 5.85. The molecule has 1 atom stereocenters. The van der Waals surface area contributed by atoms with Crippen molar-refractivity contribution in [3.8, 4) is 5.75 Å². The summed E-state index contributed by atoms with van der Waals surface area (Å²) < 4.78 is 14.9.